The lowest BCUT2D eigenvalue weighted by Crippen LogP contribution is -2.25. The number of rotatable bonds is 7. The number of amides is 2. The van der Waals surface area contributed by atoms with Crippen molar-refractivity contribution in [3.8, 4) is 0 Å². The fourth-order valence-electron chi connectivity index (χ4n) is 3.64. The number of hydrogen-bond acceptors (Lipinski definition) is 3. The first-order valence-corrected chi connectivity index (χ1v) is 10.1. The molecule has 6 nitrogen and oxygen atoms in total. The molecule has 0 saturated heterocycles. The Hall–Kier alpha value is -3.90. The molecule has 0 aliphatic rings. The molecule has 0 fully saturated rings. The van der Waals surface area contributed by atoms with Gasteiger partial charge in [0.05, 0.1) is 5.56 Å². The van der Waals surface area contributed by atoms with Gasteiger partial charge in [-0.2, -0.15) is 0 Å². The van der Waals surface area contributed by atoms with Crippen LogP contribution in [0.4, 0.5) is 0 Å². The molecule has 31 heavy (non-hydrogen) atoms. The molecule has 3 aromatic carbocycles. The summed E-state index contributed by atoms with van der Waals surface area (Å²) in [6.07, 6.45) is 2.65. The normalized spacial score (nSPS) is 10.7. The first kappa shape index (κ1) is 20.4. The van der Waals surface area contributed by atoms with E-state index in [4.69, 9.17) is 5.21 Å². The molecule has 1 heterocycles. The molecule has 1 aromatic heterocycles. The molecule has 6 heteroatoms. The quantitative estimate of drug-likeness (QED) is 0.318. The Morgan fingerprint density at radius 1 is 0.806 bits per heavy atom. The molecule has 4 aromatic rings. The van der Waals surface area contributed by atoms with Gasteiger partial charge in [0.25, 0.3) is 11.8 Å². The van der Waals surface area contributed by atoms with Crippen molar-refractivity contribution in [1.82, 2.24) is 15.4 Å². The zero-order valence-electron chi connectivity index (χ0n) is 16.9. The van der Waals surface area contributed by atoms with E-state index in [1.54, 1.807) is 17.6 Å². The third-order valence-electron chi connectivity index (χ3n) is 5.25. The first-order valence-electron chi connectivity index (χ1n) is 10.1. The van der Waals surface area contributed by atoms with Gasteiger partial charge < -0.3 is 9.88 Å². The minimum absolute atomic E-state index is 0.0964. The van der Waals surface area contributed by atoms with Gasteiger partial charge in [0, 0.05) is 35.8 Å². The first-order chi connectivity index (χ1) is 15.2. The average molecular weight is 413 g/mol. The molecule has 0 aliphatic carbocycles. The standard InChI is InChI=1S/C25H23N3O3/c29-24(27-31)20-12-10-19(11-13-20)16-28-17-22(21-8-4-5-9-23(21)28)25(30)26-15-14-18-6-2-1-3-7-18/h1-13,17,31H,14-16H2,(H,26,30)(H,27,29). The monoisotopic (exact) mass is 413 g/mol. The van der Waals surface area contributed by atoms with Gasteiger partial charge in [0.2, 0.25) is 0 Å². The van der Waals surface area contributed by atoms with E-state index < -0.39 is 5.91 Å². The summed E-state index contributed by atoms with van der Waals surface area (Å²) in [5.41, 5.74) is 5.77. The number of hydroxylamine groups is 1. The third-order valence-corrected chi connectivity index (χ3v) is 5.25. The maximum atomic E-state index is 12.9. The summed E-state index contributed by atoms with van der Waals surface area (Å²) in [5.74, 6) is -0.645. The van der Waals surface area contributed by atoms with Crippen molar-refractivity contribution < 1.29 is 14.8 Å². The summed E-state index contributed by atoms with van der Waals surface area (Å²) in [5, 5.41) is 12.7. The molecule has 0 spiro atoms. The fraction of sp³-hybridized carbons (Fsp3) is 0.120. The van der Waals surface area contributed by atoms with E-state index in [2.05, 4.69) is 5.32 Å². The van der Waals surface area contributed by atoms with Gasteiger partial charge in [-0.3, -0.25) is 14.8 Å². The van der Waals surface area contributed by atoms with Crippen molar-refractivity contribution >= 4 is 22.7 Å². The molecule has 0 aliphatic heterocycles. The summed E-state index contributed by atoms with van der Waals surface area (Å²) >= 11 is 0. The number of para-hydroxylation sites is 1. The highest BCUT2D eigenvalue weighted by atomic mass is 16.5. The van der Waals surface area contributed by atoms with E-state index in [1.807, 2.05) is 77.5 Å². The Balaban J connectivity index is 1.51. The van der Waals surface area contributed by atoms with Crippen LogP contribution in [0.3, 0.4) is 0 Å². The summed E-state index contributed by atoms with van der Waals surface area (Å²) in [6, 6.07) is 24.9. The van der Waals surface area contributed by atoms with Gasteiger partial charge in [-0.05, 0) is 35.7 Å². The van der Waals surface area contributed by atoms with Crippen LogP contribution in [-0.4, -0.2) is 28.1 Å². The Morgan fingerprint density at radius 3 is 2.26 bits per heavy atom. The van der Waals surface area contributed by atoms with E-state index in [0.717, 1.165) is 22.9 Å². The number of carbonyl (C=O) groups excluding carboxylic acids is 2. The van der Waals surface area contributed by atoms with Gasteiger partial charge in [0.15, 0.2) is 0 Å². The van der Waals surface area contributed by atoms with E-state index in [9.17, 15) is 9.59 Å². The molecule has 3 N–H and O–H groups in total. The van der Waals surface area contributed by atoms with Gasteiger partial charge in [-0.25, -0.2) is 5.48 Å². The molecule has 0 saturated carbocycles. The van der Waals surface area contributed by atoms with Crippen LogP contribution in [0.15, 0.2) is 85.1 Å². The van der Waals surface area contributed by atoms with Gasteiger partial charge in [-0.1, -0.05) is 60.7 Å². The van der Waals surface area contributed by atoms with Crippen molar-refractivity contribution in [1.29, 1.82) is 0 Å². The summed E-state index contributed by atoms with van der Waals surface area (Å²) in [7, 11) is 0. The highest BCUT2D eigenvalue weighted by Crippen LogP contribution is 2.22. The topological polar surface area (TPSA) is 83.4 Å². The van der Waals surface area contributed by atoms with Gasteiger partial charge in [0.1, 0.15) is 0 Å². The number of hydrogen-bond donors (Lipinski definition) is 3. The van der Waals surface area contributed by atoms with Gasteiger partial charge in [-0.15, -0.1) is 0 Å². The van der Waals surface area contributed by atoms with Crippen LogP contribution in [0, 0.1) is 0 Å². The maximum absolute atomic E-state index is 12.9. The van der Waals surface area contributed by atoms with Crippen LogP contribution >= 0.6 is 0 Å². The number of carbonyl (C=O) groups is 2. The van der Waals surface area contributed by atoms with Crippen LogP contribution < -0.4 is 10.8 Å². The van der Waals surface area contributed by atoms with Crippen molar-refractivity contribution in [3.05, 3.63) is 107 Å². The Labute approximate surface area is 180 Å². The fourth-order valence-corrected chi connectivity index (χ4v) is 3.64. The second kappa shape index (κ2) is 9.28. The van der Waals surface area contributed by atoms with E-state index in [1.165, 1.54) is 5.56 Å². The predicted octanol–water partition coefficient (Wildman–Crippen LogP) is 3.78. The molecule has 0 bridgehead atoms. The lowest BCUT2D eigenvalue weighted by Gasteiger charge is -2.06. The maximum Gasteiger partial charge on any atom is 0.274 e. The van der Waals surface area contributed by atoms with Crippen molar-refractivity contribution in [2.24, 2.45) is 0 Å². The number of nitrogens with one attached hydrogen (secondary N) is 2. The molecular formula is C25H23N3O3. The molecular weight excluding hydrogens is 390 g/mol. The lowest BCUT2D eigenvalue weighted by atomic mass is 10.1. The van der Waals surface area contributed by atoms with E-state index >= 15 is 0 Å². The highest BCUT2D eigenvalue weighted by molar-refractivity contribution is 6.07. The molecule has 156 valence electrons. The molecule has 0 unspecified atom stereocenters. The summed E-state index contributed by atoms with van der Waals surface area (Å²) in [4.78, 5) is 24.4. The zero-order valence-corrected chi connectivity index (χ0v) is 16.9. The molecule has 4 rings (SSSR count). The Kier molecular flexibility index (Phi) is 6.10. The smallest absolute Gasteiger partial charge is 0.274 e. The third kappa shape index (κ3) is 4.65. The largest absolute Gasteiger partial charge is 0.352 e. The van der Waals surface area contributed by atoms with Crippen molar-refractivity contribution in [3.63, 3.8) is 0 Å². The van der Waals surface area contributed by atoms with Crippen LogP contribution in [0.25, 0.3) is 10.9 Å². The number of nitrogens with zero attached hydrogens (tertiary/aromatic N) is 1. The summed E-state index contributed by atoms with van der Waals surface area (Å²) < 4.78 is 2.03. The highest BCUT2D eigenvalue weighted by Gasteiger charge is 2.15. The SMILES string of the molecule is O=C(NO)c1ccc(Cn2cc(C(=O)NCCc3ccccc3)c3ccccc32)cc1. The van der Waals surface area contributed by atoms with Crippen molar-refractivity contribution in [2.45, 2.75) is 13.0 Å². The van der Waals surface area contributed by atoms with Crippen LogP contribution in [0.2, 0.25) is 0 Å². The van der Waals surface area contributed by atoms with Crippen LogP contribution in [0.5, 0.6) is 0 Å². The minimum Gasteiger partial charge on any atom is -0.352 e. The van der Waals surface area contributed by atoms with E-state index in [0.29, 0.717) is 24.2 Å². The predicted molar refractivity (Wildman–Crippen MR) is 119 cm³/mol. The van der Waals surface area contributed by atoms with Crippen molar-refractivity contribution in [2.75, 3.05) is 6.54 Å². The van der Waals surface area contributed by atoms with Crippen LogP contribution in [-0.2, 0) is 13.0 Å². The zero-order chi connectivity index (χ0) is 21.6. The number of fused-ring (bicyclic) bond motifs is 1. The molecule has 0 radical (unpaired) electrons. The second-order valence-electron chi connectivity index (χ2n) is 7.32. The molecule has 2 amide bonds. The van der Waals surface area contributed by atoms with Crippen LogP contribution in [0.1, 0.15) is 31.8 Å². The number of aromatic nitrogens is 1. The number of benzene rings is 3. The lowest BCUT2D eigenvalue weighted by molar-refractivity contribution is 0.0706. The second-order valence-corrected chi connectivity index (χ2v) is 7.32. The molecule has 0 atom stereocenters. The minimum atomic E-state index is -0.549. The van der Waals surface area contributed by atoms with Gasteiger partial charge >= 0.3 is 0 Å². The Bertz CT molecular complexity index is 1200. The van der Waals surface area contributed by atoms with E-state index in [-0.39, 0.29) is 5.91 Å². The Morgan fingerprint density at radius 2 is 1.52 bits per heavy atom. The average Bonchev–Trinajstić information content (AvgIpc) is 3.18. The summed E-state index contributed by atoms with van der Waals surface area (Å²) in [6.45, 7) is 1.12.